The minimum absolute atomic E-state index is 0.280. The van der Waals surface area contributed by atoms with Gasteiger partial charge in [0.15, 0.2) is 0 Å². The second kappa shape index (κ2) is 6.99. The van der Waals surface area contributed by atoms with Crippen molar-refractivity contribution >= 4 is 39.0 Å². The average molecular weight is 338 g/mol. The summed E-state index contributed by atoms with van der Waals surface area (Å²) in [5.74, 6) is -0.192. The molecule has 1 aromatic heterocycles. The number of carbonyl (C=O) groups is 1. The van der Waals surface area contributed by atoms with Gasteiger partial charge < -0.3 is 5.11 Å². The van der Waals surface area contributed by atoms with Gasteiger partial charge in [-0.15, -0.1) is 11.3 Å². The van der Waals surface area contributed by atoms with Crippen molar-refractivity contribution in [1.82, 2.24) is 4.90 Å². The normalized spacial score (nSPS) is 19.6. The van der Waals surface area contributed by atoms with E-state index in [0.717, 1.165) is 49.3 Å². The molecule has 0 spiro atoms. The number of fused-ring (bicyclic) bond motifs is 1. The van der Waals surface area contributed by atoms with Crippen LogP contribution in [0, 0.1) is 5.92 Å². The second-order valence-electron chi connectivity index (χ2n) is 6.01. The van der Waals surface area contributed by atoms with Crippen LogP contribution in [0.5, 0.6) is 0 Å². The number of rotatable bonds is 5. The van der Waals surface area contributed by atoms with Gasteiger partial charge in [0.1, 0.15) is 0 Å². The Morgan fingerprint density at radius 1 is 1.41 bits per heavy atom. The summed E-state index contributed by atoms with van der Waals surface area (Å²) in [7, 11) is 0. The van der Waals surface area contributed by atoms with Gasteiger partial charge in [0.2, 0.25) is 0 Å². The van der Waals surface area contributed by atoms with Crippen molar-refractivity contribution in [2.75, 3.05) is 13.1 Å². The average Bonchev–Trinajstić information content (AvgIpc) is 2.82. The zero-order valence-electron chi connectivity index (χ0n) is 12.4. The minimum Gasteiger partial charge on any atom is -0.481 e. The van der Waals surface area contributed by atoms with E-state index in [1.807, 2.05) is 12.1 Å². The van der Waals surface area contributed by atoms with Gasteiger partial charge >= 0.3 is 5.97 Å². The third-order valence-corrected chi connectivity index (χ3v) is 6.04. The molecule has 1 aromatic carbocycles. The minimum atomic E-state index is -0.690. The van der Waals surface area contributed by atoms with Gasteiger partial charge in [-0.3, -0.25) is 9.69 Å². The molecule has 2 heterocycles. The van der Waals surface area contributed by atoms with Gasteiger partial charge in [-0.1, -0.05) is 29.8 Å². The smallest absolute Gasteiger partial charge is 0.303 e. The van der Waals surface area contributed by atoms with Crippen molar-refractivity contribution < 1.29 is 9.90 Å². The fraction of sp³-hybridized carbons (Fsp3) is 0.471. The van der Waals surface area contributed by atoms with E-state index < -0.39 is 5.97 Å². The van der Waals surface area contributed by atoms with Gasteiger partial charge in [0.05, 0.1) is 5.02 Å². The molecule has 1 unspecified atom stereocenters. The summed E-state index contributed by atoms with van der Waals surface area (Å²) in [5, 5.41) is 10.9. The van der Waals surface area contributed by atoms with Crippen LogP contribution in [0.25, 0.3) is 10.1 Å². The Labute approximate surface area is 139 Å². The molecular formula is C17H20ClNO2S. The topological polar surface area (TPSA) is 40.5 Å². The molecule has 0 amide bonds. The standard InChI is InChI=1S/C17H20ClNO2S/c18-17-13-5-1-2-6-14(13)22-15(17)11-19-9-3-4-12(10-19)7-8-16(20)21/h1-2,5-6,12H,3-4,7-11H2,(H,20,21). The molecule has 0 bridgehead atoms. The number of likely N-dealkylation sites (tertiary alicyclic amines) is 1. The van der Waals surface area contributed by atoms with Crippen LogP contribution in [0.15, 0.2) is 24.3 Å². The number of carboxylic acid groups (broad SMARTS) is 1. The maximum absolute atomic E-state index is 10.7. The van der Waals surface area contributed by atoms with Crippen molar-refractivity contribution in [2.24, 2.45) is 5.92 Å². The summed E-state index contributed by atoms with van der Waals surface area (Å²) in [5.41, 5.74) is 0. The molecule has 1 aliphatic rings. The lowest BCUT2D eigenvalue weighted by molar-refractivity contribution is -0.137. The van der Waals surface area contributed by atoms with E-state index in [9.17, 15) is 4.79 Å². The van der Waals surface area contributed by atoms with Crippen molar-refractivity contribution in [3.05, 3.63) is 34.2 Å². The largest absolute Gasteiger partial charge is 0.481 e. The number of aliphatic carboxylic acids is 1. The first-order chi connectivity index (χ1) is 10.6. The molecule has 1 saturated heterocycles. The molecule has 118 valence electrons. The molecule has 22 heavy (non-hydrogen) atoms. The van der Waals surface area contributed by atoms with E-state index >= 15 is 0 Å². The fourth-order valence-corrected chi connectivity index (χ4v) is 4.76. The fourth-order valence-electron chi connectivity index (χ4n) is 3.23. The number of halogens is 1. The Balaban J connectivity index is 1.66. The Morgan fingerprint density at radius 2 is 2.23 bits per heavy atom. The Bertz CT molecular complexity index is 670. The van der Waals surface area contributed by atoms with Gasteiger partial charge in [-0.05, 0) is 37.8 Å². The monoisotopic (exact) mass is 337 g/mol. The summed E-state index contributed by atoms with van der Waals surface area (Å²) in [4.78, 5) is 14.4. The number of benzene rings is 1. The SMILES string of the molecule is O=C(O)CCC1CCCN(Cc2sc3ccccc3c2Cl)C1. The van der Waals surface area contributed by atoms with Crippen LogP contribution in [0.2, 0.25) is 5.02 Å². The number of thiophene rings is 1. The lowest BCUT2D eigenvalue weighted by Crippen LogP contribution is -2.34. The van der Waals surface area contributed by atoms with E-state index in [1.165, 1.54) is 9.58 Å². The van der Waals surface area contributed by atoms with E-state index in [4.69, 9.17) is 16.7 Å². The molecule has 1 aliphatic heterocycles. The van der Waals surface area contributed by atoms with Crippen molar-refractivity contribution in [2.45, 2.75) is 32.2 Å². The van der Waals surface area contributed by atoms with E-state index in [1.54, 1.807) is 11.3 Å². The molecule has 1 atom stereocenters. The Morgan fingerprint density at radius 3 is 3.00 bits per heavy atom. The van der Waals surface area contributed by atoms with Crippen LogP contribution in [0.4, 0.5) is 0 Å². The third kappa shape index (κ3) is 3.62. The van der Waals surface area contributed by atoms with Crippen LogP contribution in [-0.4, -0.2) is 29.1 Å². The van der Waals surface area contributed by atoms with E-state index in [0.29, 0.717) is 5.92 Å². The van der Waals surface area contributed by atoms with Gasteiger partial charge in [0, 0.05) is 34.5 Å². The molecule has 1 N–H and O–H groups in total. The van der Waals surface area contributed by atoms with Gasteiger partial charge in [-0.25, -0.2) is 0 Å². The number of hydrogen-bond acceptors (Lipinski definition) is 3. The molecular weight excluding hydrogens is 318 g/mol. The predicted molar refractivity (Wildman–Crippen MR) is 91.7 cm³/mol. The molecule has 0 saturated carbocycles. The van der Waals surface area contributed by atoms with Crippen molar-refractivity contribution in [1.29, 1.82) is 0 Å². The highest BCUT2D eigenvalue weighted by atomic mass is 35.5. The number of carboxylic acids is 1. The lowest BCUT2D eigenvalue weighted by atomic mass is 9.93. The highest BCUT2D eigenvalue weighted by Crippen LogP contribution is 2.36. The van der Waals surface area contributed by atoms with Gasteiger partial charge in [0.25, 0.3) is 0 Å². The lowest BCUT2D eigenvalue weighted by Gasteiger charge is -2.32. The maximum Gasteiger partial charge on any atom is 0.303 e. The van der Waals surface area contributed by atoms with Crippen molar-refractivity contribution in [3.8, 4) is 0 Å². The van der Waals surface area contributed by atoms with Crippen LogP contribution < -0.4 is 0 Å². The molecule has 0 aliphatic carbocycles. The molecule has 2 aromatic rings. The van der Waals surface area contributed by atoms with Crippen LogP contribution in [0.1, 0.15) is 30.6 Å². The molecule has 1 fully saturated rings. The van der Waals surface area contributed by atoms with E-state index in [-0.39, 0.29) is 6.42 Å². The van der Waals surface area contributed by atoms with Crippen LogP contribution in [-0.2, 0) is 11.3 Å². The first kappa shape index (κ1) is 15.8. The Hall–Kier alpha value is -1.10. The van der Waals surface area contributed by atoms with Gasteiger partial charge in [-0.2, -0.15) is 0 Å². The maximum atomic E-state index is 10.7. The number of nitrogens with zero attached hydrogens (tertiary/aromatic N) is 1. The summed E-state index contributed by atoms with van der Waals surface area (Å²) in [6, 6.07) is 8.25. The van der Waals surface area contributed by atoms with Crippen LogP contribution in [0.3, 0.4) is 0 Å². The zero-order chi connectivity index (χ0) is 15.5. The first-order valence-corrected chi connectivity index (χ1v) is 8.93. The number of hydrogen-bond donors (Lipinski definition) is 1. The quantitative estimate of drug-likeness (QED) is 0.864. The molecule has 0 radical (unpaired) electrons. The van der Waals surface area contributed by atoms with Crippen molar-refractivity contribution in [3.63, 3.8) is 0 Å². The first-order valence-electron chi connectivity index (χ1n) is 7.73. The number of piperidine rings is 1. The zero-order valence-corrected chi connectivity index (χ0v) is 14.0. The summed E-state index contributed by atoms with van der Waals surface area (Å²) < 4.78 is 1.24. The molecule has 3 rings (SSSR count). The second-order valence-corrected chi connectivity index (χ2v) is 7.53. The van der Waals surface area contributed by atoms with Crippen LogP contribution >= 0.6 is 22.9 Å². The Kier molecular flexibility index (Phi) is 5.01. The predicted octanol–water partition coefficient (Wildman–Crippen LogP) is 4.63. The highest BCUT2D eigenvalue weighted by Gasteiger charge is 2.22. The molecule has 3 nitrogen and oxygen atoms in total. The highest BCUT2D eigenvalue weighted by molar-refractivity contribution is 7.19. The molecule has 5 heteroatoms. The third-order valence-electron chi connectivity index (χ3n) is 4.34. The summed E-state index contributed by atoms with van der Waals surface area (Å²) >= 11 is 8.29. The van der Waals surface area contributed by atoms with E-state index in [2.05, 4.69) is 17.0 Å². The summed E-state index contributed by atoms with van der Waals surface area (Å²) in [6.45, 7) is 2.94. The summed E-state index contributed by atoms with van der Waals surface area (Å²) in [6.07, 6.45) is 3.35.